The molecule has 20 heavy (non-hydrogen) atoms. The Morgan fingerprint density at radius 2 is 2.10 bits per heavy atom. The van der Waals surface area contributed by atoms with Crippen LogP contribution in [0.5, 0.6) is 0 Å². The number of aliphatic imine (C=N–C) groups is 2. The first-order valence-electron chi connectivity index (χ1n) is 6.13. The molecule has 2 rings (SSSR count). The Balaban J connectivity index is 2.27. The minimum atomic E-state index is -0.458. The van der Waals surface area contributed by atoms with Crippen LogP contribution < -0.4 is 0 Å². The molecule has 0 unspecified atom stereocenters. The quantitative estimate of drug-likeness (QED) is 0.633. The first-order valence-corrected chi connectivity index (χ1v) is 6.13. The van der Waals surface area contributed by atoms with Crippen molar-refractivity contribution in [3.63, 3.8) is 0 Å². The monoisotopic (exact) mass is 270 g/mol. The highest BCUT2D eigenvalue weighted by Gasteiger charge is 2.16. The van der Waals surface area contributed by atoms with E-state index in [0.717, 1.165) is 5.69 Å². The maximum Gasteiger partial charge on any atom is 0.343 e. The van der Waals surface area contributed by atoms with Crippen LogP contribution in [0.2, 0.25) is 0 Å². The van der Waals surface area contributed by atoms with Crippen molar-refractivity contribution < 1.29 is 9.53 Å². The zero-order valence-electron chi connectivity index (χ0n) is 11.3. The summed E-state index contributed by atoms with van der Waals surface area (Å²) >= 11 is 0. The van der Waals surface area contributed by atoms with E-state index < -0.39 is 5.97 Å². The predicted octanol–water partition coefficient (Wildman–Crippen LogP) is 2.73. The van der Waals surface area contributed by atoms with Gasteiger partial charge < -0.3 is 4.74 Å². The summed E-state index contributed by atoms with van der Waals surface area (Å²) in [7, 11) is 1.69. The van der Waals surface area contributed by atoms with Gasteiger partial charge in [0.25, 0.3) is 0 Å². The zero-order valence-corrected chi connectivity index (χ0v) is 11.3. The molecule has 0 amide bonds. The van der Waals surface area contributed by atoms with Crippen molar-refractivity contribution in [3.05, 3.63) is 42.1 Å². The Labute approximate surface area is 116 Å². The molecule has 0 fully saturated rings. The number of aryl methyl sites for hydroxylation is 1. The van der Waals surface area contributed by atoms with Crippen LogP contribution in [-0.2, 0) is 11.8 Å². The number of nitrogens with zero attached hydrogens (tertiary/aromatic N) is 4. The smallest absolute Gasteiger partial charge is 0.343 e. The lowest BCUT2D eigenvalue weighted by atomic mass is 10.3. The van der Waals surface area contributed by atoms with E-state index in [9.17, 15) is 4.79 Å². The Morgan fingerprint density at radius 3 is 2.80 bits per heavy atom. The van der Waals surface area contributed by atoms with Crippen LogP contribution in [0.3, 0.4) is 0 Å². The molecule has 0 aliphatic heterocycles. The number of hydrogen-bond acceptors (Lipinski definition) is 5. The number of rotatable bonds is 4. The highest BCUT2D eigenvalue weighted by molar-refractivity contribution is 5.94. The summed E-state index contributed by atoms with van der Waals surface area (Å²) in [5, 5.41) is 3.99. The summed E-state index contributed by atoms with van der Waals surface area (Å²) in [4.78, 5) is 19.8. The van der Waals surface area contributed by atoms with Gasteiger partial charge in [-0.15, -0.1) is 0 Å². The minimum absolute atomic E-state index is 0.296. The number of esters is 1. The Bertz CT molecular complexity index is 655. The minimum Gasteiger partial charge on any atom is -0.462 e. The normalized spacial score (nSPS) is 9.70. The lowest BCUT2D eigenvalue weighted by Crippen LogP contribution is -2.03. The molecular formula is C14H14N4O2. The predicted molar refractivity (Wildman–Crippen MR) is 74.8 cm³/mol. The van der Waals surface area contributed by atoms with Crippen molar-refractivity contribution >= 4 is 23.5 Å². The molecule has 0 N–H and O–H groups in total. The van der Waals surface area contributed by atoms with Gasteiger partial charge in [-0.25, -0.2) is 9.48 Å². The molecule has 0 saturated carbocycles. The van der Waals surface area contributed by atoms with E-state index in [1.165, 1.54) is 10.9 Å². The maximum atomic E-state index is 11.7. The highest BCUT2D eigenvalue weighted by atomic mass is 16.5. The van der Waals surface area contributed by atoms with Crippen LogP contribution >= 0.6 is 0 Å². The van der Waals surface area contributed by atoms with Crippen LogP contribution in [0, 0.1) is 0 Å². The van der Waals surface area contributed by atoms with Crippen LogP contribution in [0.4, 0.5) is 11.5 Å². The first kappa shape index (κ1) is 13.7. The van der Waals surface area contributed by atoms with E-state index in [0.29, 0.717) is 18.0 Å². The van der Waals surface area contributed by atoms with Gasteiger partial charge in [0, 0.05) is 7.05 Å². The largest absolute Gasteiger partial charge is 0.462 e. The summed E-state index contributed by atoms with van der Waals surface area (Å²) in [6.45, 7) is 2.04. The van der Waals surface area contributed by atoms with Gasteiger partial charge in [0.05, 0.1) is 18.5 Å². The van der Waals surface area contributed by atoms with Crippen LogP contribution in [-0.4, -0.2) is 28.4 Å². The van der Waals surface area contributed by atoms with Crippen molar-refractivity contribution in [2.24, 2.45) is 17.0 Å². The number of carbonyl (C=O) groups excluding carboxylic acids is 1. The van der Waals surface area contributed by atoms with Crippen molar-refractivity contribution in [2.75, 3.05) is 6.61 Å². The second-order valence-corrected chi connectivity index (χ2v) is 3.89. The van der Waals surface area contributed by atoms with Gasteiger partial charge >= 0.3 is 5.97 Å². The average molecular weight is 270 g/mol. The van der Waals surface area contributed by atoms with Gasteiger partial charge in [-0.1, -0.05) is 18.2 Å². The van der Waals surface area contributed by atoms with Gasteiger partial charge in [-0.2, -0.15) is 15.1 Å². The molecule has 102 valence electrons. The fourth-order valence-electron chi connectivity index (χ4n) is 1.55. The Hall–Kier alpha value is -2.72. The average Bonchev–Trinajstić information content (AvgIpc) is 2.82. The fourth-order valence-corrected chi connectivity index (χ4v) is 1.55. The molecule has 0 aliphatic rings. The van der Waals surface area contributed by atoms with Gasteiger partial charge in [0.2, 0.25) is 0 Å². The molecule has 0 radical (unpaired) electrons. The summed E-state index contributed by atoms with van der Waals surface area (Å²) < 4.78 is 6.41. The lowest BCUT2D eigenvalue weighted by molar-refractivity contribution is 0.0527. The molecule has 0 atom stereocenters. The van der Waals surface area contributed by atoms with Crippen LogP contribution in [0.1, 0.15) is 17.3 Å². The highest BCUT2D eigenvalue weighted by Crippen LogP contribution is 2.18. The maximum absolute atomic E-state index is 11.7. The van der Waals surface area contributed by atoms with E-state index in [1.807, 2.05) is 30.3 Å². The third-order valence-corrected chi connectivity index (χ3v) is 2.49. The van der Waals surface area contributed by atoms with Gasteiger partial charge in [-0.3, -0.25) is 0 Å². The molecule has 6 heteroatoms. The van der Waals surface area contributed by atoms with Gasteiger partial charge in [-0.05, 0) is 19.1 Å². The molecule has 2 aromatic rings. The molecule has 0 bridgehead atoms. The SMILES string of the molecule is CCOC(=O)c1cnn(C)c1N=C=Nc1ccccc1. The fraction of sp³-hybridized carbons (Fsp3) is 0.214. The Kier molecular flexibility index (Phi) is 4.42. The third-order valence-electron chi connectivity index (χ3n) is 2.49. The molecule has 0 saturated heterocycles. The van der Waals surface area contributed by atoms with Crippen molar-refractivity contribution in [2.45, 2.75) is 6.92 Å². The van der Waals surface area contributed by atoms with Crippen molar-refractivity contribution in [1.82, 2.24) is 9.78 Å². The summed E-state index contributed by atoms with van der Waals surface area (Å²) in [5.41, 5.74) is 1.03. The van der Waals surface area contributed by atoms with E-state index in [1.54, 1.807) is 14.0 Å². The lowest BCUT2D eigenvalue weighted by Gasteiger charge is -1.99. The molecule has 1 aromatic carbocycles. The van der Waals surface area contributed by atoms with Crippen molar-refractivity contribution in [3.8, 4) is 0 Å². The van der Waals surface area contributed by atoms with E-state index in [4.69, 9.17) is 4.74 Å². The number of benzene rings is 1. The summed E-state index contributed by atoms with van der Waals surface area (Å²) in [5.74, 6) is -0.0935. The standard InChI is InChI=1S/C14H14N4O2/c1-3-20-14(19)12-9-17-18(2)13(12)16-10-15-11-7-5-4-6-8-11/h4-9H,3H2,1-2H3. The number of carbonyl (C=O) groups is 1. The first-order chi connectivity index (χ1) is 9.72. The molecular weight excluding hydrogens is 256 g/mol. The third kappa shape index (κ3) is 3.18. The summed E-state index contributed by atoms with van der Waals surface area (Å²) in [6, 6.07) is 11.9. The van der Waals surface area contributed by atoms with Gasteiger partial charge in [0.1, 0.15) is 11.6 Å². The Morgan fingerprint density at radius 1 is 1.35 bits per heavy atom. The topological polar surface area (TPSA) is 68.8 Å². The summed E-state index contributed by atoms with van der Waals surface area (Å²) in [6.07, 6.45) is 1.42. The zero-order chi connectivity index (χ0) is 14.4. The van der Waals surface area contributed by atoms with Crippen LogP contribution in [0.15, 0.2) is 46.5 Å². The van der Waals surface area contributed by atoms with E-state index in [2.05, 4.69) is 21.1 Å². The molecule has 6 nitrogen and oxygen atoms in total. The van der Waals surface area contributed by atoms with Gasteiger partial charge in [0.15, 0.2) is 5.82 Å². The number of hydrogen-bond donors (Lipinski definition) is 0. The second-order valence-electron chi connectivity index (χ2n) is 3.89. The van der Waals surface area contributed by atoms with E-state index >= 15 is 0 Å². The molecule has 1 aromatic heterocycles. The second kappa shape index (κ2) is 6.45. The number of aromatic nitrogens is 2. The van der Waals surface area contributed by atoms with Crippen LogP contribution in [0.25, 0.3) is 0 Å². The molecule has 1 heterocycles. The molecule has 0 spiro atoms. The van der Waals surface area contributed by atoms with E-state index in [-0.39, 0.29) is 0 Å². The van der Waals surface area contributed by atoms with Crippen molar-refractivity contribution in [1.29, 1.82) is 0 Å². The molecule has 0 aliphatic carbocycles. The number of ether oxygens (including phenoxy) is 1. The number of para-hydroxylation sites is 1.